The van der Waals surface area contributed by atoms with Gasteiger partial charge >= 0.3 is 10.4 Å². The van der Waals surface area contributed by atoms with Gasteiger partial charge in [0.25, 0.3) is 0 Å². The van der Waals surface area contributed by atoms with Gasteiger partial charge in [0.15, 0.2) is 0 Å². The lowest BCUT2D eigenvalue weighted by Crippen LogP contribution is -2.13. The zero-order valence-corrected chi connectivity index (χ0v) is 12.8. The Bertz CT molecular complexity index is 288. The van der Waals surface area contributed by atoms with Crippen molar-refractivity contribution in [3.63, 3.8) is 0 Å². The number of hydrogen-bond acceptors (Lipinski definition) is 4. The molecule has 0 amide bonds. The van der Waals surface area contributed by atoms with Crippen LogP contribution in [0.15, 0.2) is 0 Å². The van der Waals surface area contributed by atoms with Gasteiger partial charge in [0, 0.05) is 0 Å². The second kappa shape index (κ2) is 9.72. The van der Waals surface area contributed by atoms with Gasteiger partial charge in [0.05, 0.1) is 6.61 Å². The molecule has 0 fully saturated rings. The van der Waals surface area contributed by atoms with Crippen molar-refractivity contribution in [1.82, 2.24) is 6.15 Å². The van der Waals surface area contributed by atoms with E-state index in [9.17, 15) is 8.42 Å². The first-order valence-corrected chi connectivity index (χ1v) is 7.75. The molecule has 0 atom stereocenters. The summed E-state index contributed by atoms with van der Waals surface area (Å²) in [4.78, 5) is 0. The van der Waals surface area contributed by atoms with Crippen molar-refractivity contribution in [2.45, 2.75) is 65.7 Å². The van der Waals surface area contributed by atoms with Crippen LogP contribution in [0.3, 0.4) is 0 Å². The van der Waals surface area contributed by atoms with Gasteiger partial charge in [-0.25, -0.2) is 4.18 Å². The van der Waals surface area contributed by atoms with Gasteiger partial charge in [0.1, 0.15) is 0 Å². The second-order valence-corrected chi connectivity index (χ2v) is 6.42. The Morgan fingerprint density at radius 2 is 1.61 bits per heavy atom. The summed E-state index contributed by atoms with van der Waals surface area (Å²) in [7, 11) is -4.27. The molecule has 0 aliphatic carbocycles. The van der Waals surface area contributed by atoms with Crippen LogP contribution >= 0.6 is 0 Å². The van der Waals surface area contributed by atoms with E-state index in [0.29, 0.717) is 6.42 Å². The Morgan fingerprint density at radius 3 is 2.11 bits per heavy atom. The van der Waals surface area contributed by atoms with Crippen LogP contribution in [-0.2, 0) is 14.6 Å². The average molecular weight is 283 g/mol. The van der Waals surface area contributed by atoms with Crippen LogP contribution in [0, 0.1) is 5.41 Å². The van der Waals surface area contributed by atoms with Gasteiger partial charge in [-0.2, -0.15) is 8.42 Å². The molecule has 0 rings (SSSR count). The fraction of sp³-hybridized carbons (Fsp3) is 1.00. The van der Waals surface area contributed by atoms with Crippen LogP contribution in [0.4, 0.5) is 0 Å². The lowest BCUT2D eigenvalue weighted by molar-refractivity contribution is 0.225. The van der Waals surface area contributed by atoms with E-state index in [4.69, 9.17) is 4.55 Å². The standard InChI is InChI=1S/C12H26O4S.H3N/c1-4-5-6-7-9-12(2,3)10-8-11-16-17(13,14)15;/h4-11H2,1-3H3,(H,13,14,15);1H3. The van der Waals surface area contributed by atoms with Crippen molar-refractivity contribution in [2.75, 3.05) is 6.61 Å². The maximum atomic E-state index is 10.3. The average Bonchev–Trinajstić information content (AvgIpc) is 2.18. The largest absolute Gasteiger partial charge is 0.397 e. The predicted octanol–water partition coefficient (Wildman–Crippen LogP) is 3.74. The molecule has 0 aliphatic rings. The Hall–Kier alpha value is -0.170. The lowest BCUT2D eigenvalue weighted by Gasteiger charge is -2.24. The van der Waals surface area contributed by atoms with Crippen molar-refractivity contribution in [3.8, 4) is 0 Å². The Labute approximate surface area is 112 Å². The molecule has 112 valence electrons. The maximum Gasteiger partial charge on any atom is 0.397 e. The molecule has 0 unspecified atom stereocenters. The monoisotopic (exact) mass is 283 g/mol. The molecular weight excluding hydrogens is 254 g/mol. The normalized spacial score (nSPS) is 12.2. The predicted molar refractivity (Wildman–Crippen MR) is 74.3 cm³/mol. The summed E-state index contributed by atoms with van der Waals surface area (Å²) in [5.74, 6) is 0. The Morgan fingerprint density at radius 1 is 1.06 bits per heavy atom. The van der Waals surface area contributed by atoms with E-state index in [1.165, 1.54) is 25.7 Å². The van der Waals surface area contributed by atoms with Crippen LogP contribution < -0.4 is 6.15 Å². The highest BCUT2D eigenvalue weighted by Crippen LogP contribution is 2.29. The maximum absolute atomic E-state index is 10.3. The summed E-state index contributed by atoms with van der Waals surface area (Å²) < 4.78 is 33.4. The number of unbranched alkanes of at least 4 members (excludes halogenated alkanes) is 3. The third-order valence-corrected chi connectivity index (χ3v) is 3.40. The molecule has 6 heteroatoms. The van der Waals surface area contributed by atoms with Gasteiger partial charge in [0.2, 0.25) is 0 Å². The molecular formula is C12H29NO4S. The van der Waals surface area contributed by atoms with Crippen molar-refractivity contribution in [3.05, 3.63) is 0 Å². The van der Waals surface area contributed by atoms with Crippen LogP contribution in [0.25, 0.3) is 0 Å². The number of rotatable bonds is 10. The molecule has 0 bridgehead atoms. The summed E-state index contributed by atoms with van der Waals surface area (Å²) in [6.45, 7) is 6.63. The molecule has 0 aliphatic heterocycles. The van der Waals surface area contributed by atoms with E-state index in [2.05, 4.69) is 25.0 Å². The molecule has 0 heterocycles. The zero-order chi connectivity index (χ0) is 13.4. The molecule has 18 heavy (non-hydrogen) atoms. The van der Waals surface area contributed by atoms with Crippen molar-refractivity contribution >= 4 is 10.4 Å². The summed E-state index contributed by atoms with van der Waals surface area (Å²) in [5.41, 5.74) is 0.219. The first-order chi connectivity index (χ1) is 7.77. The van der Waals surface area contributed by atoms with Crippen LogP contribution in [0.5, 0.6) is 0 Å². The molecule has 0 saturated heterocycles. The molecule has 0 spiro atoms. The highest BCUT2D eigenvalue weighted by Gasteiger charge is 2.17. The third kappa shape index (κ3) is 13.9. The summed E-state index contributed by atoms with van der Waals surface area (Å²) >= 11 is 0. The smallest absolute Gasteiger partial charge is 0.344 e. The zero-order valence-electron chi connectivity index (χ0n) is 11.9. The summed E-state index contributed by atoms with van der Waals surface area (Å²) in [6, 6.07) is 0. The molecule has 5 nitrogen and oxygen atoms in total. The van der Waals surface area contributed by atoms with Crippen molar-refractivity contribution < 1.29 is 17.2 Å². The quantitative estimate of drug-likeness (QED) is 0.470. The topological polar surface area (TPSA) is 98.6 Å². The fourth-order valence-electron chi connectivity index (χ4n) is 1.87. The van der Waals surface area contributed by atoms with E-state index < -0.39 is 10.4 Å². The van der Waals surface area contributed by atoms with Gasteiger partial charge in [-0.3, -0.25) is 4.55 Å². The lowest BCUT2D eigenvalue weighted by atomic mass is 9.82. The minimum absolute atomic E-state index is 0. The summed E-state index contributed by atoms with van der Waals surface area (Å²) in [6.07, 6.45) is 7.72. The molecule has 0 aromatic carbocycles. The van der Waals surface area contributed by atoms with Crippen LogP contribution in [0.2, 0.25) is 0 Å². The van der Waals surface area contributed by atoms with E-state index in [-0.39, 0.29) is 18.2 Å². The molecule has 4 N–H and O–H groups in total. The van der Waals surface area contributed by atoms with Crippen LogP contribution in [-0.4, -0.2) is 19.6 Å². The van der Waals surface area contributed by atoms with Crippen molar-refractivity contribution in [2.24, 2.45) is 5.41 Å². The first kappa shape index (κ1) is 20.2. The van der Waals surface area contributed by atoms with Crippen LogP contribution in [0.1, 0.15) is 65.7 Å². The van der Waals surface area contributed by atoms with E-state index in [1.54, 1.807) is 0 Å². The van der Waals surface area contributed by atoms with Crippen molar-refractivity contribution in [1.29, 1.82) is 0 Å². The van der Waals surface area contributed by atoms with E-state index >= 15 is 0 Å². The first-order valence-electron chi connectivity index (χ1n) is 6.39. The molecule has 0 aromatic heterocycles. The van der Waals surface area contributed by atoms with Gasteiger partial charge in [-0.05, 0) is 24.7 Å². The Kier molecular flexibility index (Phi) is 10.9. The highest BCUT2D eigenvalue weighted by atomic mass is 32.3. The minimum atomic E-state index is -4.27. The molecule has 0 saturated carbocycles. The molecule has 0 aromatic rings. The Balaban J connectivity index is 0. The van der Waals surface area contributed by atoms with E-state index in [1.807, 2.05) is 0 Å². The second-order valence-electron chi connectivity index (χ2n) is 5.33. The van der Waals surface area contributed by atoms with Gasteiger partial charge in [-0.15, -0.1) is 0 Å². The van der Waals surface area contributed by atoms with Gasteiger partial charge in [-0.1, -0.05) is 46.5 Å². The molecule has 0 radical (unpaired) electrons. The number of hydrogen-bond donors (Lipinski definition) is 2. The third-order valence-electron chi connectivity index (χ3n) is 2.94. The fourth-order valence-corrected chi connectivity index (χ4v) is 2.20. The van der Waals surface area contributed by atoms with E-state index in [0.717, 1.165) is 12.8 Å². The summed E-state index contributed by atoms with van der Waals surface area (Å²) in [5, 5.41) is 0. The SMILES string of the molecule is CCCCCCC(C)(C)CCCOS(=O)(=O)O.N. The van der Waals surface area contributed by atoms with Gasteiger partial charge < -0.3 is 6.15 Å². The minimum Gasteiger partial charge on any atom is -0.344 e. The highest BCUT2D eigenvalue weighted by molar-refractivity contribution is 7.80.